The molecule has 0 atom stereocenters. The molecule has 0 aliphatic rings. The molecule has 0 saturated heterocycles. The first kappa shape index (κ1) is 8.21. The number of benzene rings is 1. The second-order valence-corrected chi connectivity index (χ2v) is 2.79. The molecule has 3 heteroatoms. The minimum atomic E-state index is 0.225. The molecule has 1 aromatic rings. The summed E-state index contributed by atoms with van der Waals surface area (Å²) in [5.74, 6) is 0. The normalized spacial score (nSPS) is 9.64. The summed E-state index contributed by atoms with van der Waals surface area (Å²) in [5.41, 5.74) is 1.95. The third-order valence-electron chi connectivity index (χ3n) is 1.54. The average molecular weight is 170 g/mol. The predicted octanol–water partition coefficient (Wildman–Crippen LogP) is 2.91. The highest BCUT2D eigenvalue weighted by Gasteiger charge is 1.97. The zero-order chi connectivity index (χ0) is 8.27. The molecule has 0 unspecified atom stereocenters. The van der Waals surface area contributed by atoms with Crippen LogP contribution in [-0.4, -0.2) is 0 Å². The van der Waals surface area contributed by atoms with Crippen molar-refractivity contribution in [3.05, 3.63) is 39.3 Å². The van der Waals surface area contributed by atoms with E-state index in [0.717, 1.165) is 11.1 Å². The molecular formula is C8H8ClNO. The van der Waals surface area contributed by atoms with Crippen LogP contribution >= 0.6 is 11.6 Å². The van der Waals surface area contributed by atoms with Crippen molar-refractivity contribution in [2.75, 3.05) is 0 Å². The van der Waals surface area contributed by atoms with Gasteiger partial charge in [-0.3, -0.25) is 0 Å². The van der Waals surface area contributed by atoms with Gasteiger partial charge in [-0.1, -0.05) is 22.8 Å². The van der Waals surface area contributed by atoms with Gasteiger partial charge in [-0.25, -0.2) is 0 Å². The van der Waals surface area contributed by atoms with Crippen molar-refractivity contribution in [3.63, 3.8) is 0 Å². The van der Waals surface area contributed by atoms with Gasteiger partial charge in [0.15, 0.2) is 0 Å². The van der Waals surface area contributed by atoms with Gasteiger partial charge < -0.3 is 0 Å². The minimum Gasteiger partial charge on any atom is -0.150 e. The zero-order valence-electron chi connectivity index (χ0n) is 6.17. The van der Waals surface area contributed by atoms with Gasteiger partial charge in [-0.05, 0) is 30.2 Å². The maximum Gasteiger partial charge on any atom is 0.106 e. The quantitative estimate of drug-likeness (QED) is 0.626. The van der Waals surface area contributed by atoms with Crippen molar-refractivity contribution in [2.24, 2.45) is 5.18 Å². The predicted molar refractivity (Wildman–Crippen MR) is 45.7 cm³/mol. The molecule has 0 aromatic heterocycles. The van der Waals surface area contributed by atoms with E-state index in [1.54, 1.807) is 6.07 Å². The Bertz CT molecular complexity index is 273. The average Bonchev–Trinajstić information content (AvgIpc) is 1.95. The summed E-state index contributed by atoms with van der Waals surface area (Å²) in [4.78, 5) is 9.93. The number of hydrogen-bond donors (Lipinski definition) is 0. The first-order valence-electron chi connectivity index (χ1n) is 3.28. The van der Waals surface area contributed by atoms with Gasteiger partial charge in [0, 0.05) is 5.02 Å². The van der Waals surface area contributed by atoms with Gasteiger partial charge in [0.1, 0.15) is 6.54 Å². The lowest BCUT2D eigenvalue weighted by Gasteiger charge is -1.99. The number of rotatable bonds is 2. The summed E-state index contributed by atoms with van der Waals surface area (Å²) >= 11 is 5.71. The lowest BCUT2D eigenvalue weighted by atomic mass is 10.1. The van der Waals surface area contributed by atoms with Gasteiger partial charge in [0.2, 0.25) is 0 Å². The van der Waals surface area contributed by atoms with Crippen molar-refractivity contribution in [3.8, 4) is 0 Å². The first-order chi connectivity index (χ1) is 5.24. The zero-order valence-corrected chi connectivity index (χ0v) is 6.93. The summed E-state index contributed by atoms with van der Waals surface area (Å²) in [6, 6.07) is 5.40. The van der Waals surface area contributed by atoms with Crippen LogP contribution in [0.3, 0.4) is 0 Å². The number of aryl methyl sites for hydroxylation is 1. The second-order valence-electron chi connectivity index (χ2n) is 2.36. The molecule has 0 fully saturated rings. The van der Waals surface area contributed by atoms with Crippen LogP contribution in [0.25, 0.3) is 0 Å². The Hall–Kier alpha value is -0.890. The maximum atomic E-state index is 9.93. The molecule has 58 valence electrons. The molecule has 0 saturated carbocycles. The van der Waals surface area contributed by atoms with Crippen molar-refractivity contribution >= 4 is 11.6 Å². The Labute approximate surface area is 70.2 Å². The van der Waals surface area contributed by atoms with E-state index in [0.29, 0.717) is 5.02 Å². The minimum absolute atomic E-state index is 0.225. The van der Waals surface area contributed by atoms with E-state index in [9.17, 15) is 4.91 Å². The van der Waals surface area contributed by atoms with Crippen LogP contribution < -0.4 is 0 Å². The van der Waals surface area contributed by atoms with Crippen LogP contribution in [0.1, 0.15) is 11.1 Å². The fraction of sp³-hybridized carbons (Fsp3) is 0.250. The summed E-state index contributed by atoms with van der Waals surface area (Å²) in [6.45, 7) is 2.13. The Morgan fingerprint density at radius 2 is 2.27 bits per heavy atom. The molecule has 0 aliphatic carbocycles. The van der Waals surface area contributed by atoms with E-state index in [2.05, 4.69) is 5.18 Å². The van der Waals surface area contributed by atoms with E-state index in [4.69, 9.17) is 11.6 Å². The van der Waals surface area contributed by atoms with Crippen molar-refractivity contribution in [2.45, 2.75) is 13.5 Å². The van der Waals surface area contributed by atoms with Gasteiger partial charge in [-0.15, -0.1) is 0 Å². The summed E-state index contributed by atoms with van der Waals surface area (Å²) in [6.07, 6.45) is 0. The monoisotopic (exact) mass is 169 g/mol. The molecule has 0 N–H and O–H groups in total. The standard InChI is InChI=1S/C8H8ClNO/c1-6-4-8(9)3-2-7(6)5-10-11/h2-4H,5H2,1H3. The lowest BCUT2D eigenvalue weighted by molar-refractivity contribution is 1.04. The van der Waals surface area contributed by atoms with Crippen LogP contribution in [0.5, 0.6) is 0 Å². The highest BCUT2D eigenvalue weighted by molar-refractivity contribution is 6.30. The molecule has 0 bridgehead atoms. The molecule has 11 heavy (non-hydrogen) atoms. The van der Waals surface area contributed by atoms with Crippen LogP contribution in [0.2, 0.25) is 5.02 Å². The smallest absolute Gasteiger partial charge is 0.106 e. The Balaban J connectivity index is 2.98. The molecule has 0 spiro atoms. The van der Waals surface area contributed by atoms with Gasteiger partial charge in [0.05, 0.1) is 0 Å². The van der Waals surface area contributed by atoms with E-state index in [1.165, 1.54) is 0 Å². The number of nitrogens with zero attached hydrogens (tertiary/aromatic N) is 1. The summed E-state index contributed by atoms with van der Waals surface area (Å²) in [7, 11) is 0. The third kappa shape index (κ3) is 2.02. The number of halogens is 1. The van der Waals surface area contributed by atoms with Gasteiger partial charge in [0.25, 0.3) is 0 Å². The molecule has 1 rings (SSSR count). The molecular weight excluding hydrogens is 162 g/mol. The van der Waals surface area contributed by atoms with Crippen LogP contribution in [-0.2, 0) is 6.54 Å². The molecule has 0 heterocycles. The van der Waals surface area contributed by atoms with Crippen molar-refractivity contribution < 1.29 is 0 Å². The third-order valence-corrected chi connectivity index (χ3v) is 1.77. The molecule has 0 aliphatic heterocycles. The van der Waals surface area contributed by atoms with Crippen molar-refractivity contribution in [1.29, 1.82) is 0 Å². The second kappa shape index (κ2) is 3.49. The van der Waals surface area contributed by atoms with Gasteiger partial charge in [-0.2, -0.15) is 4.91 Å². The van der Waals surface area contributed by atoms with E-state index in [-0.39, 0.29) is 6.54 Å². The summed E-state index contributed by atoms with van der Waals surface area (Å²) < 4.78 is 0. The number of nitroso groups, excluding NO2 is 1. The number of hydrogen-bond acceptors (Lipinski definition) is 2. The molecule has 2 nitrogen and oxygen atoms in total. The fourth-order valence-electron chi connectivity index (χ4n) is 0.906. The van der Waals surface area contributed by atoms with E-state index >= 15 is 0 Å². The molecule has 0 radical (unpaired) electrons. The summed E-state index contributed by atoms with van der Waals surface area (Å²) in [5, 5.41) is 3.50. The van der Waals surface area contributed by atoms with Gasteiger partial charge >= 0.3 is 0 Å². The first-order valence-corrected chi connectivity index (χ1v) is 3.66. The van der Waals surface area contributed by atoms with Crippen LogP contribution in [0.15, 0.2) is 23.4 Å². The SMILES string of the molecule is Cc1cc(Cl)ccc1CN=O. The van der Waals surface area contributed by atoms with E-state index < -0.39 is 0 Å². The van der Waals surface area contributed by atoms with E-state index in [1.807, 2.05) is 19.1 Å². The maximum absolute atomic E-state index is 9.93. The Kier molecular flexibility index (Phi) is 2.60. The fourth-order valence-corrected chi connectivity index (χ4v) is 1.13. The molecule has 1 aromatic carbocycles. The molecule has 0 amide bonds. The van der Waals surface area contributed by atoms with Crippen molar-refractivity contribution in [1.82, 2.24) is 0 Å². The topological polar surface area (TPSA) is 29.4 Å². The highest BCUT2D eigenvalue weighted by Crippen LogP contribution is 2.15. The Morgan fingerprint density at radius 1 is 1.55 bits per heavy atom. The van der Waals surface area contributed by atoms with Crippen LogP contribution in [0, 0.1) is 11.8 Å². The lowest BCUT2D eigenvalue weighted by Crippen LogP contribution is -1.85. The highest BCUT2D eigenvalue weighted by atomic mass is 35.5. The Morgan fingerprint density at radius 3 is 2.82 bits per heavy atom. The van der Waals surface area contributed by atoms with Crippen LogP contribution in [0.4, 0.5) is 0 Å². The largest absolute Gasteiger partial charge is 0.150 e.